The van der Waals surface area contributed by atoms with Crippen LogP contribution in [0.15, 0.2) is 82.6 Å². The molecule has 3 aromatic carbocycles. The molecule has 0 aliphatic heterocycles. The Balaban J connectivity index is 0.000000213. The Morgan fingerprint density at radius 1 is 0.891 bits per heavy atom. The zero-order valence-electron chi connectivity index (χ0n) is 35.8. The second kappa shape index (κ2) is 19.5. The maximum Gasteiger partial charge on any atom is 0.326 e. The summed E-state index contributed by atoms with van der Waals surface area (Å²) in [5.41, 5.74) is 12.6. The van der Waals surface area contributed by atoms with E-state index in [4.69, 9.17) is 26.4 Å². The summed E-state index contributed by atoms with van der Waals surface area (Å²) in [6.07, 6.45) is 6.73. The number of phenols is 1. The molecule has 2 aromatic heterocycles. The molecule has 9 N–H and O–H groups in total. The predicted molar refractivity (Wildman–Crippen MR) is 240 cm³/mol. The fourth-order valence-electron chi connectivity index (χ4n) is 6.36. The highest BCUT2D eigenvalue weighted by Crippen LogP contribution is 2.31. The number of rotatable bonds is 16. The molecule has 2 fully saturated rings. The van der Waals surface area contributed by atoms with Crippen LogP contribution in [-0.2, 0) is 34.0 Å². The summed E-state index contributed by atoms with van der Waals surface area (Å²) in [6, 6.07) is 16.0. The predicted octanol–water partition coefficient (Wildman–Crippen LogP) is 4.51. The van der Waals surface area contributed by atoms with Crippen LogP contribution >= 0.6 is 0 Å². The highest BCUT2D eigenvalue weighted by Gasteiger charge is 2.27. The van der Waals surface area contributed by atoms with Crippen molar-refractivity contribution in [3.05, 3.63) is 115 Å². The van der Waals surface area contributed by atoms with Crippen LogP contribution in [0.25, 0.3) is 22.5 Å². The number of amides is 1. The van der Waals surface area contributed by atoms with Gasteiger partial charge >= 0.3 is 5.97 Å². The van der Waals surface area contributed by atoms with Crippen LogP contribution in [0.5, 0.6) is 11.5 Å². The molecule has 0 spiro atoms. The van der Waals surface area contributed by atoms with Crippen molar-refractivity contribution in [2.24, 2.45) is 5.73 Å². The summed E-state index contributed by atoms with van der Waals surface area (Å²) in [7, 11) is 0. The minimum Gasteiger partial charge on any atom is -0.508 e. The average Bonchev–Trinajstić information content (AvgIpc) is 4.17. The number of nitro groups is 1. The molecule has 0 bridgehead atoms. The standard InChI is InChI=1S/C23H25N7O3.C21H26N4O6/c24-16-7-15(8-18(31)9-16)19-11-28-22(29-17-5-6-17)23(33)30(19)12-20(32)27-10-13-1-3-14(4-2-13)21(25)26;1-5-30-16-9-13(8-15(10-16)25(28)29)17-11-22-19(23-14-6-7-14)20(27)24(17)12-18(26)31-21(2,3)4/h1-4,7-9,11,17,31H,5-6,10,12,24H2,(H3,25,26)(H,27,32)(H,28,29);8-11,14H,5-7,12H2,1-4H3,(H,22,23). The molecule has 20 nitrogen and oxygen atoms in total. The lowest BCUT2D eigenvalue weighted by Crippen LogP contribution is -2.34. The van der Waals surface area contributed by atoms with Gasteiger partial charge in [0, 0.05) is 53.1 Å². The molecular weight excluding hydrogens is 827 g/mol. The number of ether oxygens (including phenoxy) is 2. The van der Waals surface area contributed by atoms with E-state index < -0.39 is 27.6 Å². The van der Waals surface area contributed by atoms with Gasteiger partial charge in [0.15, 0.2) is 11.6 Å². The van der Waals surface area contributed by atoms with E-state index in [9.17, 15) is 34.4 Å². The Morgan fingerprint density at radius 2 is 1.45 bits per heavy atom. The summed E-state index contributed by atoms with van der Waals surface area (Å²) in [6.45, 7) is 6.92. The van der Waals surface area contributed by atoms with Crippen LogP contribution in [0.3, 0.4) is 0 Å². The number of carbonyl (C=O) groups excluding carboxylic acids is 2. The molecule has 2 saturated carbocycles. The monoisotopic (exact) mass is 877 g/mol. The molecule has 7 rings (SSSR count). The SMILES string of the molecule is CCOc1cc(-c2cnc(NC3CC3)c(=O)n2CC(=O)OC(C)(C)C)cc([N+](=O)[O-])c1.N=C(N)c1ccc(CNC(=O)Cn2c(-c3cc(N)cc(O)c3)cnc(NC3CC3)c2=O)cc1. The van der Waals surface area contributed by atoms with Crippen molar-refractivity contribution in [2.75, 3.05) is 23.0 Å². The molecule has 2 aliphatic carbocycles. The second-order valence-electron chi connectivity index (χ2n) is 16.3. The molecule has 0 saturated heterocycles. The van der Waals surface area contributed by atoms with Crippen molar-refractivity contribution < 1.29 is 29.1 Å². The van der Waals surface area contributed by atoms with Gasteiger partial charge in [0.25, 0.3) is 16.8 Å². The number of phenolic OH excluding ortho intramolecular Hbond substituents is 1. The number of esters is 1. The number of aromatic nitrogens is 4. The third kappa shape index (κ3) is 12.4. The van der Waals surface area contributed by atoms with Gasteiger partial charge < -0.3 is 42.0 Å². The van der Waals surface area contributed by atoms with E-state index in [-0.39, 0.29) is 78.0 Å². The number of carbonyl (C=O) groups is 2. The van der Waals surface area contributed by atoms with Gasteiger partial charge in [0.1, 0.15) is 36.0 Å². The first-order chi connectivity index (χ1) is 30.4. The molecule has 0 atom stereocenters. The first-order valence-electron chi connectivity index (χ1n) is 20.5. The van der Waals surface area contributed by atoms with Crippen molar-refractivity contribution in [2.45, 2.75) is 90.7 Å². The van der Waals surface area contributed by atoms with Gasteiger partial charge in [0.2, 0.25) is 5.91 Å². The van der Waals surface area contributed by atoms with Crippen molar-refractivity contribution in [1.82, 2.24) is 24.4 Å². The number of anilines is 3. The Labute approximate surface area is 367 Å². The lowest BCUT2D eigenvalue weighted by Gasteiger charge is -2.21. The van der Waals surface area contributed by atoms with Gasteiger partial charge in [0.05, 0.1) is 41.4 Å². The topological polar surface area (TPSA) is 298 Å². The Hall–Kier alpha value is -7.77. The highest BCUT2D eigenvalue weighted by atomic mass is 16.6. The van der Waals surface area contributed by atoms with Crippen LogP contribution in [0.2, 0.25) is 0 Å². The van der Waals surface area contributed by atoms with E-state index in [1.54, 1.807) is 64.1 Å². The van der Waals surface area contributed by atoms with Crippen LogP contribution < -0.4 is 43.3 Å². The molecule has 64 heavy (non-hydrogen) atoms. The van der Waals surface area contributed by atoms with Crippen molar-refractivity contribution in [1.29, 1.82) is 5.41 Å². The van der Waals surface area contributed by atoms with Gasteiger partial charge in [-0.05, 0) is 77.1 Å². The molecule has 0 radical (unpaired) electrons. The van der Waals surface area contributed by atoms with Crippen LogP contribution in [-0.4, -0.2) is 71.1 Å². The van der Waals surface area contributed by atoms with Gasteiger partial charge in [-0.15, -0.1) is 0 Å². The summed E-state index contributed by atoms with van der Waals surface area (Å²) < 4.78 is 13.4. The number of nitrogens with two attached hydrogens (primary N) is 2. The normalized spacial score (nSPS) is 13.2. The summed E-state index contributed by atoms with van der Waals surface area (Å²) in [4.78, 5) is 70.8. The number of aromatic hydroxyl groups is 1. The van der Waals surface area contributed by atoms with E-state index in [0.717, 1.165) is 31.2 Å². The van der Waals surface area contributed by atoms with Crippen LogP contribution in [0, 0.1) is 15.5 Å². The number of hydrogen-bond acceptors (Lipinski definition) is 15. The molecule has 0 unspecified atom stereocenters. The van der Waals surface area contributed by atoms with E-state index in [1.807, 2.05) is 0 Å². The van der Waals surface area contributed by atoms with E-state index >= 15 is 0 Å². The maximum atomic E-state index is 13.1. The molecule has 2 aliphatic rings. The molecule has 1 amide bonds. The summed E-state index contributed by atoms with van der Waals surface area (Å²) >= 11 is 0. The maximum absolute atomic E-state index is 13.1. The van der Waals surface area contributed by atoms with E-state index in [2.05, 4.69) is 25.9 Å². The number of benzene rings is 3. The quantitative estimate of drug-likeness (QED) is 0.0179. The number of nitro benzene ring substituents is 1. The van der Waals surface area contributed by atoms with Crippen LogP contribution in [0.1, 0.15) is 64.5 Å². The number of nitrogens with one attached hydrogen (secondary N) is 4. The second-order valence-corrected chi connectivity index (χ2v) is 16.3. The van der Waals surface area contributed by atoms with Gasteiger partial charge in [-0.1, -0.05) is 24.3 Å². The molecule has 2 heterocycles. The summed E-state index contributed by atoms with van der Waals surface area (Å²) in [5, 5.41) is 37.7. The average molecular weight is 878 g/mol. The summed E-state index contributed by atoms with van der Waals surface area (Å²) in [5.74, 6) is -0.461. The number of amidine groups is 1. The molecule has 20 heteroatoms. The van der Waals surface area contributed by atoms with Gasteiger partial charge in [-0.25, -0.2) is 9.97 Å². The lowest BCUT2D eigenvalue weighted by molar-refractivity contribution is -0.384. The third-order valence-corrected chi connectivity index (χ3v) is 9.65. The lowest BCUT2D eigenvalue weighted by atomic mass is 10.1. The zero-order valence-corrected chi connectivity index (χ0v) is 35.8. The van der Waals surface area contributed by atoms with Crippen molar-refractivity contribution in [3.8, 4) is 34.0 Å². The van der Waals surface area contributed by atoms with Crippen molar-refractivity contribution in [3.63, 3.8) is 0 Å². The fraction of sp³-hybridized carbons (Fsp3) is 0.341. The number of nitrogens with zero attached hydrogens (tertiary/aromatic N) is 5. The smallest absolute Gasteiger partial charge is 0.326 e. The molecule has 5 aromatic rings. The largest absolute Gasteiger partial charge is 0.508 e. The molecular formula is C44H51N11O9. The van der Waals surface area contributed by atoms with Gasteiger partial charge in [-0.3, -0.25) is 43.8 Å². The molecule has 336 valence electrons. The van der Waals surface area contributed by atoms with Gasteiger partial charge in [-0.2, -0.15) is 0 Å². The number of nitrogen functional groups attached to an aromatic ring is 2. The number of hydrogen-bond donors (Lipinski definition) is 7. The number of non-ortho nitro benzene ring substituents is 1. The first-order valence-corrected chi connectivity index (χ1v) is 20.5. The first kappa shape index (κ1) is 45.7. The van der Waals surface area contributed by atoms with E-state index in [0.29, 0.717) is 34.7 Å². The Kier molecular flexibility index (Phi) is 14.0. The van der Waals surface area contributed by atoms with Crippen LogP contribution in [0.4, 0.5) is 23.0 Å². The van der Waals surface area contributed by atoms with E-state index in [1.165, 1.54) is 45.8 Å². The Morgan fingerprint density at radius 3 is 1.95 bits per heavy atom. The zero-order chi connectivity index (χ0) is 46.3. The minimum absolute atomic E-state index is 0.0293. The minimum atomic E-state index is -0.726. The van der Waals surface area contributed by atoms with Crippen molar-refractivity contribution >= 4 is 40.7 Å². The Bertz CT molecular complexity index is 2660. The fourth-order valence-corrected chi connectivity index (χ4v) is 6.36. The third-order valence-electron chi connectivity index (χ3n) is 9.65. The highest BCUT2D eigenvalue weighted by molar-refractivity contribution is 5.94.